The summed E-state index contributed by atoms with van der Waals surface area (Å²) in [6.07, 6.45) is 2.68. The van der Waals surface area contributed by atoms with Crippen LogP contribution in [-0.4, -0.2) is 41.8 Å². The molecular formula is C20H19BrN4O4S. The monoisotopic (exact) mass is 490 g/mol. The van der Waals surface area contributed by atoms with Gasteiger partial charge in [0.1, 0.15) is 0 Å². The number of hydrogen-bond donors (Lipinski definition) is 2. The second-order valence-electron chi connectivity index (χ2n) is 7.01. The molecule has 4 rings (SSSR count). The molecule has 0 radical (unpaired) electrons. The van der Waals surface area contributed by atoms with Gasteiger partial charge in [0.15, 0.2) is 5.69 Å². The van der Waals surface area contributed by atoms with E-state index in [0.717, 1.165) is 23.7 Å². The molecule has 1 aliphatic heterocycles. The molecule has 2 N–H and O–H groups in total. The van der Waals surface area contributed by atoms with Crippen molar-refractivity contribution >= 4 is 48.5 Å². The first-order valence-corrected chi connectivity index (χ1v) is 11.7. The molecule has 0 saturated carbocycles. The fraction of sp³-hybridized carbons (Fsp3) is 0.250. The molecule has 2 aromatic carbocycles. The van der Waals surface area contributed by atoms with Gasteiger partial charge >= 0.3 is 0 Å². The number of hydrogen-bond acceptors (Lipinski definition) is 5. The number of amides is 1. The Hall–Kier alpha value is -2.56. The molecule has 1 amide bonds. The Morgan fingerprint density at radius 2 is 1.87 bits per heavy atom. The number of piperidine rings is 1. The van der Waals surface area contributed by atoms with Crippen LogP contribution in [-0.2, 0) is 10.0 Å². The minimum absolute atomic E-state index is 0.0596. The predicted molar refractivity (Wildman–Crippen MR) is 116 cm³/mol. The van der Waals surface area contributed by atoms with Crippen LogP contribution in [0, 0.1) is 0 Å². The van der Waals surface area contributed by atoms with Gasteiger partial charge in [0, 0.05) is 28.5 Å². The summed E-state index contributed by atoms with van der Waals surface area (Å²) in [5, 5.41) is 18.3. The second-order valence-corrected chi connectivity index (χ2v) is 9.86. The summed E-state index contributed by atoms with van der Waals surface area (Å²) < 4.78 is 27.9. The molecule has 0 bridgehead atoms. The Balaban J connectivity index is 1.61. The van der Waals surface area contributed by atoms with Gasteiger partial charge in [0.25, 0.3) is 5.91 Å². The lowest BCUT2D eigenvalue weighted by Crippen LogP contribution is -2.35. The standard InChI is InChI=1S/C20H19BrN4O4S/c21-14-7-8-17-16(12-14)18(20(27)22-17)23-24-19(26)13-5-4-6-15(11-13)30(28,29)25-9-2-1-3-10-25/h4-8,11-12,22,27H,1-3,9-10H2. The average molecular weight is 491 g/mol. The quantitative estimate of drug-likeness (QED) is 0.513. The summed E-state index contributed by atoms with van der Waals surface area (Å²) >= 11 is 3.36. The Morgan fingerprint density at radius 1 is 1.10 bits per heavy atom. The van der Waals surface area contributed by atoms with Gasteiger partial charge in [-0.2, -0.15) is 4.31 Å². The van der Waals surface area contributed by atoms with Crippen LogP contribution in [0.5, 0.6) is 5.88 Å². The van der Waals surface area contributed by atoms with Crippen molar-refractivity contribution in [1.82, 2.24) is 9.29 Å². The lowest BCUT2D eigenvalue weighted by Gasteiger charge is -2.25. The summed E-state index contributed by atoms with van der Waals surface area (Å²) in [5.74, 6) is -0.907. The number of azo groups is 1. The van der Waals surface area contributed by atoms with Crippen LogP contribution in [0.3, 0.4) is 0 Å². The molecule has 3 aromatic rings. The summed E-state index contributed by atoms with van der Waals surface area (Å²) in [7, 11) is -3.66. The highest BCUT2D eigenvalue weighted by Gasteiger charge is 2.26. The van der Waals surface area contributed by atoms with Gasteiger partial charge in [-0.05, 0) is 49.2 Å². The maximum atomic E-state index is 12.8. The van der Waals surface area contributed by atoms with Gasteiger partial charge in [-0.15, -0.1) is 10.2 Å². The van der Waals surface area contributed by atoms with E-state index < -0.39 is 15.9 Å². The highest BCUT2D eigenvalue weighted by atomic mass is 79.9. The molecule has 0 aliphatic carbocycles. The van der Waals surface area contributed by atoms with E-state index >= 15 is 0 Å². The summed E-state index contributed by atoms with van der Waals surface area (Å²) in [6, 6.07) is 11.1. The van der Waals surface area contributed by atoms with Crippen molar-refractivity contribution in [2.75, 3.05) is 13.1 Å². The SMILES string of the molecule is O=C(N=Nc1c(O)[nH]c2ccc(Br)cc12)c1cccc(S(=O)(=O)N2CCCCC2)c1. The van der Waals surface area contributed by atoms with Crippen molar-refractivity contribution in [3.8, 4) is 5.88 Å². The first-order chi connectivity index (χ1) is 14.4. The Kier molecular flexibility index (Phi) is 5.72. The van der Waals surface area contributed by atoms with Crippen molar-refractivity contribution < 1.29 is 18.3 Å². The van der Waals surface area contributed by atoms with Crippen molar-refractivity contribution in [3.63, 3.8) is 0 Å². The molecule has 0 spiro atoms. The van der Waals surface area contributed by atoms with Crippen LogP contribution in [0.2, 0.25) is 0 Å². The average Bonchev–Trinajstić information content (AvgIpc) is 3.07. The number of sulfonamides is 1. The smallest absolute Gasteiger partial charge is 0.295 e. The molecule has 1 saturated heterocycles. The van der Waals surface area contributed by atoms with Crippen LogP contribution >= 0.6 is 15.9 Å². The van der Waals surface area contributed by atoms with E-state index in [1.54, 1.807) is 18.2 Å². The third kappa shape index (κ3) is 4.03. The highest BCUT2D eigenvalue weighted by Crippen LogP contribution is 2.37. The number of H-pyrrole nitrogens is 1. The van der Waals surface area contributed by atoms with Crippen LogP contribution in [0.1, 0.15) is 29.6 Å². The van der Waals surface area contributed by atoms with Crippen LogP contribution < -0.4 is 0 Å². The molecular weight excluding hydrogens is 472 g/mol. The van der Waals surface area contributed by atoms with Crippen LogP contribution in [0.15, 0.2) is 62.1 Å². The number of rotatable bonds is 4. The first kappa shape index (κ1) is 20.7. The topological polar surface area (TPSA) is 115 Å². The van der Waals surface area contributed by atoms with E-state index in [1.165, 1.54) is 28.6 Å². The minimum atomic E-state index is -3.66. The summed E-state index contributed by atoms with van der Waals surface area (Å²) in [6.45, 7) is 0.964. The maximum absolute atomic E-state index is 12.8. The van der Waals surface area contributed by atoms with E-state index in [-0.39, 0.29) is 22.0 Å². The fourth-order valence-corrected chi connectivity index (χ4v) is 5.36. The van der Waals surface area contributed by atoms with Crippen molar-refractivity contribution in [2.45, 2.75) is 24.2 Å². The molecule has 1 fully saturated rings. The summed E-state index contributed by atoms with van der Waals surface area (Å²) in [5.41, 5.74) is 0.890. The largest absolute Gasteiger partial charge is 0.493 e. The number of aromatic nitrogens is 1. The fourth-order valence-electron chi connectivity index (χ4n) is 3.43. The lowest BCUT2D eigenvalue weighted by molar-refractivity contribution is 0.0995. The number of nitrogens with one attached hydrogen (secondary N) is 1. The van der Waals surface area contributed by atoms with Gasteiger partial charge in [-0.1, -0.05) is 28.4 Å². The number of aromatic amines is 1. The first-order valence-electron chi connectivity index (χ1n) is 9.43. The van der Waals surface area contributed by atoms with E-state index in [1.807, 2.05) is 0 Å². The molecule has 8 nitrogen and oxygen atoms in total. The molecule has 30 heavy (non-hydrogen) atoms. The molecule has 1 aromatic heterocycles. The number of carbonyl (C=O) groups excluding carboxylic acids is 1. The van der Waals surface area contributed by atoms with Gasteiger partial charge in [0.05, 0.1) is 10.4 Å². The van der Waals surface area contributed by atoms with Crippen molar-refractivity contribution in [1.29, 1.82) is 0 Å². The lowest BCUT2D eigenvalue weighted by atomic mass is 10.2. The number of benzene rings is 2. The number of halogens is 1. The molecule has 2 heterocycles. The number of fused-ring (bicyclic) bond motifs is 1. The van der Waals surface area contributed by atoms with E-state index in [0.29, 0.717) is 24.0 Å². The van der Waals surface area contributed by atoms with Crippen LogP contribution in [0.25, 0.3) is 10.9 Å². The van der Waals surface area contributed by atoms with E-state index in [2.05, 4.69) is 31.1 Å². The Bertz CT molecular complexity index is 1250. The zero-order chi connectivity index (χ0) is 21.3. The zero-order valence-corrected chi connectivity index (χ0v) is 18.3. The van der Waals surface area contributed by atoms with E-state index in [9.17, 15) is 18.3 Å². The Labute approximate surface area is 181 Å². The molecule has 0 atom stereocenters. The molecule has 1 aliphatic rings. The Morgan fingerprint density at radius 3 is 2.63 bits per heavy atom. The molecule has 10 heteroatoms. The van der Waals surface area contributed by atoms with Crippen molar-refractivity contribution in [2.24, 2.45) is 10.2 Å². The third-order valence-electron chi connectivity index (χ3n) is 4.99. The zero-order valence-electron chi connectivity index (χ0n) is 15.9. The minimum Gasteiger partial charge on any atom is -0.493 e. The second kappa shape index (κ2) is 8.29. The molecule has 156 valence electrons. The number of aromatic hydroxyl groups is 1. The molecule has 0 unspecified atom stereocenters. The van der Waals surface area contributed by atoms with Gasteiger partial charge in [-0.3, -0.25) is 4.79 Å². The predicted octanol–water partition coefficient (Wildman–Crippen LogP) is 4.73. The summed E-state index contributed by atoms with van der Waals surface area (Å²) in [4.78, 5) is 15.4. The van der Waals surface area contributed by atoms with Crippen molar-refractivity contribution in [3.05, 3.63) is 52.5 Å². The van der Waals surface area contributed by atoms with Gasteiger partial charge in [0.2, 0.25) is 15.9 Å². The number of carbonyl (C=O) groups is 1. The highest BCUT2D eigenvalue weighted by molar-refractivity contribution is 9.10. The maximum Gasteiger partial charge on any atom is 0.295 e. The van der Waals surface area contributed by atoms with E-state index in [4.69, 9.17) is 0 Å². The van der Waals surface area contributed by atoms with Crippen LogP contribution in [0.4, 0.5) is 5.69 Å². The third-order valence-corrected chi connectivity index (χ3v) is 7.38. The van der Waals surface area contributed by atoms with Gasteiger partial charge < -0.3 is 10.1 Å². The van der Waals surface area contributed by atoms with Gasteiger partial charge in [-0.25, -0.2) is 8.42 Å². The normalized spacial score (nSPS) is 15.8. The number of nitrogens with zero attached hydrogens (tertiary/aromatic N) is 3.